The smallest absolute Gasteiger partial charge is 0.318 e. The topological polar surface area (TPSA) is 46.5 Å². The standard InChI is InChI=1S/C20H32O3/c1-3-5-7-8-12-15-20(17-21,18-13-10-9-11-14-18)19(22)23-16-6-4-2/h9-11,13-14,21H,3-8,12,15-17H2,1-2H3. The van der Waals surface area contributed by atoms with E-state index in [4.69, 9.17) is 4.74 Å². The maximum absolute atomic E-state index is 12.7. The number of aliphatic hydroxyl groups excluding tert-OH is 1. The van der Waals surface area contributed by atoms with Crippen LogP contribution in [0.5, 0.6) is 0 Å². The molecule has 0 spiro atoms. The SMILES string of the molecule is CCCCCCCC(CO)(C(=O)OCCCC)c1ccccc1. The molecule has 130 valence electrons. The van der Waals surface area contributed by atoms with Crippen molar-refractivity contribution in [1.29, 1.82) is 0 Å². The second kappa shape index (κ2) is 11.2. The van der Waals surface area contributed by atoms with Gasteiger partial charge in [-0.3, -0.25) is 4.79 Å². The molecular formula is C20H32O3. The fraction of sp³-hybridized carbons (Fsp3) is 0.650. The maximum Gasteiger partial charge on any atom is 0.318 e. The number of carbonyl (C=O) groups excluding carboxylic acids is 1. The number of hydrogen-bond donors (Lipinski definition) is 1. The minimum absolute atomic E-state index is 0.199. The largest absolute Gasteiger partial charge is 0.465 e. The number of hydrogen-bond acceptors (Lipinski definition) is 3. The van der Waals surface area contributed by atoms with E-state index in [1.165, 1.54) is 19.3 Å². The lowest BCUT2D eigenvalue weighted by atomic mass is 9.76. The Bertz CT molecular complexity index is 430. The molecule has 0 aliphatic rings. The van der Waals surface area contributed by atoms with Gasteiger partial charge in [-0.2, -0.15) is 0 Å². The third-order valence-electron chi connectivity index (χ3n) is 4.43. The lowest BCUT2D eigenvalue weighted by Gasteiger charge is -2.30. The highest BCUT2D eigenvalue weighted by molar-refractivity contribution is 5.83. The lowest BCUT2D eigenvalue weighted by Crippen LogP contribution is -2.41. The van der Waals surface area contributed by atoms with Crippen molar-refractivity contribution >= 4 is 5.97 Å². The van der Waals surface area contributed by atoms with E-state index in [9.17, 15) is 9.90 Å². The molecule has 1 aromatic carbocycles. The van der Waals surface area contributed by atoms with Crippen molar-refractivity contribution in [1.82, 2.24) is 0 Å². The van der Waals surface area contributed by atoms with Crippen molar-refractivity contribution in [2.45, 2.75) is 70.6 Å². The van der Waals surface area contributed by atoms with Crippen LogP contribution in [-0.2, 0) is 14.9 Å². The van der Waals surface area contributed by atoms with E-state index >= 15 is 0 Å². The minimum atomic E-state index is -0.915. The van der Waals surface area contributed by atoms with E-state index in [1.54, 1.807) is 0 Å². The number of benzene rings is 1. The van der Waals surface area contributed by atoms with Gasteiger partial charge in [0.05, 0.1) is 13.2 Å². The van der Waals surface area contributed by atoms with Gasteiger partial charge in [0.25, 0.3) is 0 Å². The molecule has 0 saturated heterocycles. The number of ether oxygens (including phenoxy) is 1. The molecule has 0 heterocycles. The molecule has 23 heavy (non-hydrogen) atoms. The Balaban J connectivity index is 2.82. The van der Waals surface area contributed by atoms with Crippen LogP contribution < -0.4 is 0 Å². The molecule has 1 atom stereocenters. The molecule has 0 amide bonds. The first-order valence-electron chi connectivity index (χ1n) is 9.05. The fourth-order valence-corrected chi connectivity index (χ4v) is 2.83. The van der Waals surface area contributed by atoms with Gasteiger partial charge in [-0.05, 0) is 18.4 Å². The Labute approximate surface area is 141 Å². The second-order valence-electron chi connectivity index (χ2n) is 6.26. The predicted molar refractivity (Wildman–Crippen MR) is 94.4 cm³/mol. The van der Waals surface area contributed by atoms with Crippen LogP contribution in [0.4, 0.5) is 0 Å². The van der Waals surface area contributed by atoms with E-state index in [0.717, 1.165) is 31.2 Å². The molecule has 1 aromatic rings. The van der Waals surface area contributed by atoms with Crippen LogP contribution in [0.15, 0.2) is 30.3 Å². The van der Waals surface area contributed by atoms with Crippen LogP contribution in [0, 0.1) is 0 Å². The molecule has 0 aliphatic heterocycles. The van der Waals surface area contributed by atoms with Crippen LogP contribution in [0.25, 0.3) is 0 Å². The van der Waals surface area contributed by atoms with E-state index in [1.807, 2.05) is 30.3 Å². The summed E-state index contributed by atoms with van der Waals surface area (Å²) in [5.41, 5.74) is -0.0548. The summed E-state index contributed by atoms with van der Waals surface area (Å²) >= 11 is 0. The Morgan fingerprint density at radius 1 is 1.00 bits per heavy atom. The van der Waals surface area contributed by atoms with Gasteiger partial charge in [0, 0.05) is 0 Å². The van der Waals surface area contributed by atoms with Crippen LogP contribution in [0.2, 0.25) is 0 Å². The van der Waals surface area contributed by atoms with E-state index in [0.29, 0.717) is 13.0 Å². The summed E-state index contributed by atoms with van der Waals surface area (Å²) < 4.78 is 5.47. The first-order valence-corrected chi connectivity index (χ1v) is 9.05. The fourth-order valence-electron chi connectivity index (χ4n) is 2.83. The normalized spacial score (nSPS) is 13.5. The van der Waals surface area contributed by atoms with Crippen molar-refractivity contribution in [3.05, 3.63) is 35.9 Å². The first kappa shape index (κ1) is 19.7. The van der Waals surface area contributed by atoms with E-state index in [2.05, 4.69) is 13.8 Å². The monoisotopic (exact) mass is 320 g/mol. The van der Waals surface area contributed by atoms with Gasteiger partial charge in [-0.25, -0.2) is 0 Å². The van der Waals surface area contributed by atoms with Crippen molar-refractivity contribution in [3.8, 4) is 0 Å². The van der Waals surface area contributed by atoms with E-state index < -0.39 is 5.41 Å². The average Bonchev–Trinajstić information content (AvgIpc) is 2.59. The molecular weight excluding hydrogens is 288 g/mol. The molecule has 0 aliphatic carbocycles. The number of rotatable bonds is 12. The Morgan fingerprint density at radius 2 is 1.65 bits per heavy atom. The molecule has 3 nitrogen and oxygen atoms in total. The summed E-state index contributed by atoms with van der Waals surface area (Å²) in [6.45, 7) is 4.49. The van der Waals surface area contributed by atoms with Gasteiger partial charge in [0.2, 0.25) is 0 Å². The van der Waals surface area contributed by atoms with Crippen molar-refractivity contribution < 1.29 is 14.6 Å². The van der Waals surface area contributed by atoms with Crippen molar-refractivity contribution in [2.24, 2.45) is 0 Å². The number of carbonyl (C=O) groups is 1. The van der Waals surface area contributed by atoms with Crippen LogP contribution in [0.3, 0.4) is 0 Å². The third kappa shape index (κ3) is 5.98. The van der Waals surface area contributed by atoms with Crippen LogP contribution in [-0.4, -0.2) is 24.3 Å². The van der Waals surface area contributed by atoms with Crippen LogP contribution in [0.1, 0.15) is 70.8 Å². The molecule has 0 fully saturated rings. The molecule has 3 heteroatoms. The maximum atomic E-state index is 12.7. The molecule has 1 rings (SSSR count). The zero-order chi connectivity index (χ0) is 17.0. The third-order valence-corrected chi connectivity index (χ3v) is 4.43. The zero-order valence-corrected chi connectivity index (χ0v) is 14.7. The predicted octanol–water partition coefficient (Wildman–Crippen LogP) is 4.62. The van der Waals surface area contributed by atoms with Gasteiger partial charge in [-0.1, -0.05) is 82.7 Å². The molecule has 0 aromatic heterocycles. The van der Waals surface area contributed by atoms with Gasteiger partial charge in [-0.15, -0.1) is 0 Å². The van der Waals surface area contributed by atoms with Gasteiger partial charge in [0.15, 0.2) is 0 Å². The van der Waals surface area contributed by atoms with Crippen LogP contribution >= 0.6 is 0 Å². The summed E-state index contributed by atoms with van der Waals surface area (Å²) in [5, 5.41) is 10.1. The average molecular weight is 320 g/mol. The molecule has 1 unspecified atom stereocenters. The summed E-state index contributed by atoms with van der Waals surface area (Å²) in [6.07, 6.45) is 8.10. The first-order chi connectivity index (χ1) is 11.2. The van der Waals surface area contributed by atoms with Gasteiger partial charge in [0.1, 0.15) is 5.41 Å². The summed E-state index contributed by atoms with van der Waals surface area (Å²) in [4.78, 5) is 12.7. The summed E-state index contributed by atoms with van der Waals surface area (Å²) in [7, 11) is 0. The molecule has 1 N–H and O–H groups in total. The highest BCUT2D eigenvalue weighted by Gasteiger charge is 2.40. The number of unbranched alkanes of at least 4 members (excludes halogenated alkanes) is 5. The zero-order valence-electron chi connectivity index (χ0n) is 14.7. The Hall–Kier alpha value is -1.35. The number of aliphatic hydroxyl groups is 1. The summed E-state index contributed by atoms with van der Waals surface area (Å²) in [5.74, 6) is -0.282. The lowest BCUT2D eigenvalue weighted by molar-refractivity contribution is -0.153. The van der Waals surface area contributed by atoms with Gasteiger partial charge >= 0.3 is 5.97 Å². The summed E-state index contributed by atoms with van der Waals surface area (Å²) in [6, 6.07) is 9.59. The van der Waals surface area contributed by atoms with Gasteiger partial charge < -0.3 is 9.84 Å². The molecule has 0 radical (unpaired) electrons. The highest BCUT2D eigenvalue weighted by Crippen LogP contribution is 2.32. The number of esters is 1. The Morgan fingerprint density at radius 3 is 2.26 bits per heavy atom. The Kier molecular flexibility index (Phi) is 9.61. The van der Waals surface area contributed by atoms with Crippen molar-refractivity contribution in [3.63, 3.8) is 0 Å². The van der Waals surface area contributed by atoms with Crippen molar-refractivity contribution in [2.75, 3.05) is 13.2 Å². The highest BCUT2D eigenvalue weighted by atomic mass is 16.5. The second-order valence-corrected chi connectivity index (χ2v) is 6.26. The molecule has 0 saturated carbocycles. The molecule has 0 bridgehead atoms. The minimum Gasteiger partial charge on any atom is -0.465 e. The van der Waals surface area contributed by atoms with E-state index in [-0.39, 0.29) is 12.6 Å². The quantitative estimate of drug-likeness (QED) is 0.451.